The van der Waals surface area contributed by atoms with Crippen LogP contribution in [-0.2, 0) is 4.79 Å². The van der Waals surface area contributed by atoms with Crippen molar-refractivity contribution < 1.29 is 9.90 Å². The van der Waals surface area contributed by atoms with Crippen LogP contribution in [-0.4, -0.2) is 30.7 Å². The fourth-order valence-corrected chi connectivity index (χ4v) is 1.53. The van der Waals surface area contributed by atoms with E-state index in [4.69, 9.17) is 5.73 Å². The van der Waals surface area contributed by atoms with Crippen LogP contribution < -0.4 is 10.6 Å². The quantitative estimate of drug-likeness (QED) is 0.822. The van der Waals surface area contributed by atoms with Crippen molar-refractivity contribution in [1.29, 1.82) is 0 Å². The van der Waals surface area contributed by atoms with Gasteiger partial charge in [0.15, 0.2) is 0 Å². The summed E-state index contributed by atoms with van der Waals surface area (Å²) < 4.78 is 0. The Kier molecular flexibility index (Phi) is 4.66. The van der Waals surface area contributed by atoms with E-state index in [1.54, 1.807) is 7.05 Å². The van der Waals surface area contributed by atoms with E-state index in [1.807, 2.05) is 24.3 Å². The van der Waals surface area contributed by atoms with E-state index in [0.29, 0.717) is 5.92 Å². The summed E-state index contributed by atoms with van der Waals surface area (Å²) in [6.45, 7) is 4.16. The van der Waals surface area contributed by atoms with Crippen molar-refractivity contribution >= 4 is 11.6 Å². The predicted molar refractivity (Wildman–Crippen MR) is 69.0 cm³/mol. The molecule has 1 aromatic rings. The van der Waals surface area contributed by atoms with E-state index in [-0.39, 0.29) is 12.5 Å². The van der Waals surface area contributed by atoms with Crippen LogP contribution in [0.25, 0.3) is 0 Å². The molecule has 0 heterocycles. The Labute approximate surface area is 102 Å². The van der Waals surface area contributed by atoms with E-state index in [2.05, 4.69) is 13.8 Å². The van der Waals surface area contributed by atoms with Crippen LogP contribution in [0.1, 0.15) is 25.3 Å². The van der Waals surface area contributed by atoms with Crippen molar-refractivity contribution in [2.75, 3.05) is 18.5 Å². The summed E-state index contributed by atoms with van der Waals surface area (Å²) in [4.78, 5) is 13.1. The first-order valence-corrected chi connectivity index (χ1v) is 5.73. The smallest absolute Gasteiger partial charge is 0.256 e. The van der Waals surface area contributed by atoms with Crippen molar-refractivity contribution in [3.05, 3.63) is 29.8 Å². The van der Waals surface area contributed by atoms with Crippen molar-refractivity contribution in [3.8, 4) is 0 Å². The number of benzene rings is 1. The molecular formula is C13H20N2O2. The van der Waals surface area contributed by atoms with Gasteiger partial charge < -0.3 is 15.7 Å². The third kappa shape index (κ3) is 3.28. The van der Waals surface area contributed by atoms with Gasteiger partial charge in [-0.1, -0.05) is 26.0 Å². The van der Waals surface area contributed by atoms with Gasteiger partial charge in [0, 0.05) is 19.3 Å². The molecule has 0 aliphatic heterocycles. The van der Waals surface area contributed by atoms with E-state index in [1.165, 1.54) is 10.5 Å². The summed E-state index contributed by atoms with van der Waals surface area (Å²) >= 11 is 0. The van der Waals surface area contributed by atoms with Crippen molar-refractivity contribution in [2.45, 2.75) is 25.9 Å². The molecule has 1 atom stereocenters. The molecule has 4 nitrogen and oxygen atoms in total. The molecule has 0 saturated heterocycles. The lowest BCUT2D eigenvalue weighted by Crippen LogP contribution is -2.40. The number of hydrogen-bond acceptors (Lipinski definition) is 3. The van der Waals surface area contributed by atoms with Gasteiger partial charge >= 0.3 is 0 Å². The third-order valence-corrected chi connectivity index (χ3v) is 2.79. The molecule has 0 saturated carbocycles. The zero-order valence-corrected chi connectivity index (χ0v) is 10.6. The number of nitrogens with two attached hydrogens (primary N) is 1. The monoisotopic (exact) mass is 236 g/mol. The lowest BCUT2D eigenvalue weighted by molar-refractivity contribution is -0.125. The van der Waals surface area contributed by atoms with Crippen LogP contribution in [0.2, 0.25) is 0 Å². The maximum Gasteiger partial charge on any atom is 0.256 e. The van der Waals surface area contributed by atoms with Gasteiger partial charge in [-0.05, 0) is 23.6 Å². The van der Waals surface area contributed by atoms with Gasteiger partial charge in [0.2, 0.25) is 0 Å². The van der Waals surface area contributed by atoms with Gasteiger partial charge in [0.05, 0.1) is 0 Å². The molecule has 1 unspecified atom stereocenters. The Bertz CT molecular complexity index is 374. The molecular weight excluding hydrogens is 216 g/mol. The highest BCUT2D eigenvalue weighted by Crippen LogP contribution is 2.19. The molecule has 94 valence electrons. The highest BCUT2D eigenvalue weighted by atomic mass is 16.3. The molecule has 0 aromatic heterocycles. The summed E-state index contributed by atoms with van der Waals surface area (Å²) in [6, 6.07) is 7.71. The fraction of sp³-hybridized carbons (Fsp3) is 0.462. The second-order valence-electron chi connectivity index (χ2n) is 4.39. The van der Waals surface area contributed by atoms with Gasteiger partial charge in [0.1, 0.15) is 6.10 Å². The predicted octanol–water partition coefficient (Wildman–Crippen LogP) is 1.09. The zero-order valence-electron chi connectivity index (χ0n) is 10.6. The lowest BCUT2D eigenvalue weighted by Gasteiger charge is -2.20. The lowest BCUT2D eigenvalue weighted by atomic mass is 10.0. The Balaban J connectivity index is 2.83. The minimum Gasteiger partial charge on any atom is -0.382 e. The maximum atomic E-state index is 11.7. The molecule has 0 aliphatic rings. The summed E-state index contributed by atoms with van der Waals surface area (Å²) in [6.07, 6.45) is -1.13. The molecule has 3 N–H and O–H groups in total. The second kappa shape index (κ2) is 5.80. The number of aliphatic hydroxyl groups is 1. The molecule has 0 radical (unpaired) electrons. The number of hydrogen-bond donors (Lipinski definition) is 2. The number of anilines is 1. The average Bonchev–Trinajstić information content (AvgIpc) is 2.36. The summed E-state index contributed by atoms with van der Waals surface area (Å²) in [5.41, 5.74) is 7.23. The van der Waals surface area contributed by atoms with Gasteiger partial charge in [-0.2, -0.15) is 0 Å². The summed E-state index contributed by atoms with van der Waals surface area (Å²) in [7, 11) is 1.63. The highest BCUT2D eigenvalue weighted by molar-refractivity contribution is 5.96. The highest BCUT2D eigenvalue weighted by Gasteiger charge is 2.18. The summed E-state index contributed by atoms with van der Waals surface area (Å²) in [5.74, 6) is 0.0736. The Morgan fingerprint density at radius 2 is 1.88 bits per heavy atom. The van der Waals surface area contributed by atoms with Gasteiger partial charge in [-0.3, -0.25) is 4.79 Å². The van der Waals surface area contributed by atoms with E-state index < -0.39 is 6.10 Å². The van der Waals surface area contributed by atoms with Crippen LogP contribution in [0.5, 0.6) is 0 Å². The number of nitrogens with zero attached hydrogens (tertiary/aromatic N) is 1. The number of carbonyl (C=O) groups excluding carboxylic acids is 1. The molecule has 1 amide bonds. The Hall–Kier alpha value is -1.39. The molecule has 0 spiro atoms. The Morgan fingerprint density at radius 1 is 1.35 bits per heavy atom. The van der Waals surface area contributed by atoms with Gasteiger partial charge in [0.25, 0.3) is 5.91 Å². The van der Waals surface area contributed by atoms with Crippen molar-refractivity contribution in [2.24, 2.45) is 5.73 Å². The molecule has 0 bridgehead atoms. The normalized spacial score (nSPS) is 12.6. The molecule has 0 aliphatic carbocycles. The topological polar surface area (TPSA) is 66.6 Å². The SMILES string of the molecule is CC(C)c1ccc(N(C)C(=O)C(O)CN)cc1. The molecule has 4 heteroatoms. The average molecular weight is 236 g/mol. The largest absolute Gasteiger partial charge is 0.382 e. The van der Waals surface area contributed by atoms with Crippen LogP contribution in [0.3, 0.4) is 0 Å². The second-order valence-corrected chi connectivity index (χ2v) is 4.39. The first-order valence-electron chi connectivity index (χ1n) is 5.73. The van der Waals surface area contributed by atoms with Crippen LogP contribution >= 0.6 is 0 Å². The first-order chi connectivity index (χ1) is 7.97. The third-order valence-electron chi connectivity index (χ3n) is 2.79. The molecule has 1 rings (SSSR count). The minimum atomic E-state index is -1.13. The first kappa shape index (κ1) is 13.7. The zero-order chi connectivity index (χ0) is 13.0. The maximum absolute atomic E-state index is 11.7. The molecule has 1 aromatic carbocycles. The number of aliphatic hydroxyl groups excluding tert-OH is 1. The molecule has 17 heavy (non-hydrogen) atoms. The van der Waals surface area contributed by atoms with Crippen LogP contribution in [0.4, 0.5) is 5.69 Å². The van der Waals surface area contributed by atoms with E-state index in [9.17, 15) is 9.90 Å². The van der Waals surface area contributed by atoms with Crippen molar-refractivity contribution in [3.63, 3.8) is 0 Å². The van der Waals surface area contributed by atoms with Crippen LogP contribution in [0, 0.1) is 0 Å². The van der Waals surface area contributed by atoms with E-state index >= 15 is 0 Å². The van der Waals surface area contributed by atoms with Gasteiger partial charge in [-0.25, -0.2) is 0 Å². The number of carbonyl (C=O) groups is 1. The van der Waals surface area contributed by atoms with Gasteiger partial charge in [-0.15, -0.1) is 0 Å². The minimum absolute atomic E-state index is 0.0623. The standard InChI is InChI=1S/C13H20N2O2/c1-9(2)10-4-6-11(7-5-10)15(3)13(17)12(16)8-14/h4-7,9,12,16H,8,14H2,1-3H3. The van der Waals surface area contributed by atoms with Crippen molar-refractivity contribution in [1.82, 2.24) is 0 Å². The van der Waals surface area contributed by atoms with Crippen LogP contribution in [0.15, 0.2) is 24.3 Å². The van der Waals surface area contributed by atoms with E-state index in [0.717, 1.165) is 5.69 Å². The number of amides is 1. The number of likely N-dealkylation sites (N-methyl/N-ethyl adjacent to an activating group) is 1. The fourth-order valence-electron chi connectivity index (χ4n) is 1.53. The number of rotatable bonds is 4. The Morgan fingerprint density at radius 3 is 2.29 bits per heavy atom. The summed E-state index contributed by atoms with van der Waals surface area (Å²) in [5, 5.41) is 9.38. The molecule has 0 fully saturated rings.